The molecule has 0 bridgehead atoms. The first kappa shape index (κ1) is 16.1. The van der Waals surface area contributed by atoms with Gasteiger partial charge in [0.1, 0.15) is 5.76 Å². The second kappa shape index (κ2) is 6.68. The van der Waals surface area contributed by atoms with Crippen LogP contribution >= 0.6 is 0 Å². The van der Waals surface area contributed by atoms with Crippen LogP contribution in [0.15, 0.2) is 34.1 Å². The normalized spacial score (nSPS) is 12.5. The van der Waals surface area contributed by atoms with Crippen LogP contribution in [0, 0.1) is 0 Å². The van der Waals surface area contributed by atoms with Crippen LogP contribution in [0.25, 0.3) is 0 Å². The highest BCUT2D eigenvalue weighted by Gasteiger charge is 2.19. The summed E-state index contributed by atoms with van der Waals surface area (Å²) in [6, 6.07) is 2.07. The van der Waals surface area contributed by atoms with E-state index in [-0.39, 0.29) is 5.41 Å². The minimum absolute atomic E-state index is 0.0293. The van der Waals surface area contributed by atoms with Gasteiger partial charge >= 0.3 is 0 Å². The Morgan fingerprint density at radius 1 is 1.32 bits per heavy atom. The molecular weight excluding hydrogens is 278 g/mol. The molecule has 0 saturated carbocycles. The van der Waals surface area contributed by atoms with Crippen molar-refractivity contribution >= 4 is 5.96 Å². The van der Waals surface area contributed by atoms with E-state index >= 15 is 0 Å². The predicted molar refractivity (Wildman–Crippen MR) is 87.7 cm³/mol. The number of oxazole rings is 1. The van der Waals surface area contributed by atoms with Gasteiger partial charge in [0.05, 0.1) is 12.7 Å². The zero-order chi connectivity index (χ0) is 16.2. The first-order chi connectivity index (χ1) is 10.4. The number of rotatable bonds is 4. The van der Waals surface area contributed by atoms with Gasteiger partial charge in [-0.15, -0.1) is 0 Å². The highest BCUT2D eigenvalue weighted by atomic mass is 16.4. The highest BCUT2D eigenvalue weighted by molar-refractivity contribution is 5.79. The number of nitrogens with zero attached hydrogens (tertiary/aromatic N) is 3. The number of guanidine groups is 1. The molecule has 2 aromatic heterocycles. The van der Waals surface area contributed by atoms with Crippen molar-refractivity contribution in [1.82, 2.24) is 20.2 Å². The quantitative estimate of drug-likeness (QED) is 0.671. The van der Waals surface area contributed by atoms with Gasteiger partial charge in [0.25, 0.3) is 0 Å². The lowest BCUT2D eigenvalue weighted by Crippen LogP contribution is -2.36. The summed E-state index contributed by atoms with van der Waals surface area (Å²) in [5.41, 5.74) is 1.18. The molecule has 2 aromatic rings. The summed E-state index contributed by atoms with van der Waals surface area (Å²) in [5, 5.41) is 6.47. The molecule has 0 radical (unpaired) electrons. The fourth-order valence-electron chi connectivity index (χ4n) is 1.97. The molecule has 2 rings (SSSR count). The molecule has 0 unspecified atom stereocenters. The number of aliphatic imine (C=N–C) groups is 1. The molecule has 22 heavy (non-hydrogen) atoms. The van der Waals surface area contributed by atoms with Gasteiger partial charge in [0.15, 0.2) is 5.96 Å². The van der Waals surface area contributed by atoms with Crippen LogP contribution in [-0.4, -0.2) is 22.6 Å². The molecule has 0 aliphatic rings. The van der Waals surface area contributed by atoms with Gasteiger partial charge in [-0.2, -0.15) is 0 Å². The Balaban J connectivity index is 1.85. The molecule has 0 amide bonds. The number of aromatic nitrogens is 2. The standard InChI is InChI=1S/C16H25N5O/c1-16(2,3)13-9-18-14(22-13)10-20-15(17-4)19-8-12-6-7-21(5)11-12/h6-7,9,11H,8,10H2,1-5H3,(H2,17,19,20). The summed E-state index contributed by atoms with van der Waals surface area (Å²) in [6.45, 7) is 7.53. The zero-order valence-corrected chi connectivity index (χ0v) is 14.0. The van der Waals surface area contributed by atoms with Gasteiger partial charge in [-0.05, 0) is 11.6 Å². The van der Waals surface area contributed by atoms with Gasteiger partial charge in [-0.25, -0.2) is 4.98 Å². The predicted octanol–water partition coefficient (Wildman–Crippen LogP) is 2.18. The summed E-state index contributed by atoms with van der Waals surface area (Å²) >= 11 is 0. The summed E-state index contributed by atoms with van der Waals surface area (Å²) < 4.78 is 7.77. The maximum Gasteiger partial charge on any atom is 0.213 e. The van der Waals surface area contributed by atoms with Crippen molar-refractivity contribution in [2.45, 2.75) is 39.3 Å². The maximum absolute atomic E-state index is 5.75. The Morgan fingerprint density at radius 2 is 2.05 bits per heavy atom. The molecule has 6 heteroatoms. The van der Waals surface area contributed by atoms with E-state index in [9.17, 15) is 0 Å². The fourth-order valence-corrected chi connectivity index (χ4v) is 1.97. The molecule has 0 aromatic carbocycles. The third-order valence-corrected chi connectivity index (χ3v) is 3.28. The van der Waals surface area contributed by atoms with Crippen molar-refractivity contribution in [3.05, 3.63) is 41.9 Å². The molecule has 0 spiro atoms. The molecule has 2 N–H and O–H groups in total. The Morgan fingerprint density at radius 3 is 2.59 bits per heavy atom. The first-order valence-electron chi connectivity index (χ1n) is 7.39. The molecule has 0 saturated heterocycles. The van der Waals surface area contributed by atoms with E-state index in [1.54, 1.807) is 13.2 Å². The van der Waals surface area contributed by atoms with Crippen molar-refractivity contribution in [1.29, 1.82) is 0 Å². The van der Waals surface area contributed by atoms with Crippen LogP contribution in [0.1, 0.15) is 38.0 Å². The molecule has 120 valence electrons. The molecule has 0 aliphatic carbocycles. The molecule has 0 aliphatic heterocycles. The third kappa shape index (κ3) is 4.38. The first-order valence-corrected chi connectivity index (χ1v) is 7.39. The summed E-state index contributed by atoms with van der Waals surface area (Å²) in [6.07, 6.45) is 5.88. The second-order valence-electron chi connectivity index (χ2n) is 6.33. The number of aryl methyl sites for hydroxylation is 1. The van der Waals surface area contributed by atoms with Crippen molar-refractivity contribution in [3.63, 3.8) is 0 Å². The monoisotopic (exact) mass is 303 g/mol. The van der Waals surface area contributed by atoms with Gasteiger partial charge in [0.2, 0.25) is 5.89 Å². The number of hydrogen-bond acceptors (Lipinski definition) is 3. The SMILES string of the molecule is CN=C(NCc1ccn(C)c1)NCc1ncc(C(C)(C)C)o1. The molecule has 2 heterocycles. The van der Waals surface area contributed by atoms with Gasteiger partial charge in [0, 0.05) is 38.4 Å². The zero-order valence-electron chi connectivity index (χ0n) is 14.0. The maximum atomic E-state index is 5.75. The Hall–Kier alpha value is -2.24. The van der Waals surface area contributed by atoms with E-state index in [2.05, 4.69) is 53.6 Å². The van der Waals surface area contributed by atoms with Crippen molar-refractivity contribution in [3.8, 4) is 0 Å². The van der Waals surface area contributed by atoms with Crippen LogP contribution in [0.3, 0.4) is 0 Å². The van der Waals surface area contributed by atoms with Crippen LogP contribution in [-0.2, 0) is 25.6 Å². The Labute approximate surface area is 131 Å². The van der Waals surface area contributed by atoms with Crippen LogP contribution in [0.5, 0.6) is 0 Å². The van der Waals surface area contributed by atoms with E-state index in [0.717, 1.165) is 18.3 Å². The lowest BCUT2D eigenvalue weighted by Gasteiger charge is -2.13. The molecule has 0 fully saturated rings. The summed E-state index contributed by atoms with van der Waals surface area (Å²) in [7, 11) is 3.75. The summed E-state index contributed by atoms with van der Waals surface area (Å²) in [5.74, 6) is 2.27. The van der Waals surface area contributed by atoms with Gasteiger partial charge in [-0.1, -0.05) is 20.8 Å². The van der Waals surface area contributed by atoms with Crippen LogP contribution in [0.2, 0.25) is 0 Å². The second-order valence-corrected chi connectivity index (χ2v) is 6.33. The fraction of sp³-hybridized carbons (Fsp3) is 0.500. The van der Waals surface area contributed by atoms with E-state index in [1.165, 1.54) is 5.56 Å². The molecular formula is C16H25N5O. The topological polar surface area (TPSA) is 67.4 Å². The lowest BCUT2D eigenvalue weighted by molar-refractivity contribution is 0.379. The van der Waals surface area contributed by atoms with E-state index in [4.69, 9.17) is 4.42 Å². The summed E-state index contributed by atoms with van der Waals surface area (Å²) in [4.78, 5) is 8.49. The average molecular weight is 303 g/mol. The van der Waals surface area contributed by atoms with E-state index < -0.39 is 0 Å². The lowest BCUT2D eigenvalue weighted by atomic mass is 9.94. The van der Waals surface area contributed by atoms with Gasteiger partial charge in [-0.3, -0.25) is 4.99 Å². The van der Waals surface area contributed by atoms with E-state index in [1.807, 2.05) is 17.8 Å². The van der Waals surface area contributed by atoms with Gasteiger partial charge < -0.3 is 19.6 Å². The average Bonchev–Trinajstić information content (AvgIpc) is 3.07. The number of nitrogens with one attached hydrogen (secondary N) is 2. The third-order valence-electron chi connectivity index (χ3n) is 3.28. The number of hydrogen-bond donors (Lipinski definition) is 2. The van der Waals surface area contributed by atoms with Crippen LogP contribution in [0.4, 0.5) is 0 Å². The van der Waals surface area contributed by atoms with Crippen molar-refractivity contribution < 1.29 is 4.42 Å². The van der Waals surface area contributed by atoms with Crippen molar-refractivity contribution in [2.75, 3.05) is 7.05 Å². The Kier molecular flexibility index (Phi) is 4.90. The van der Waals surface area contributed by atoms with Crippen LogP contribution < -0.4 is 10.6 Å². The van der Waals surface area contributed by atoms with Crippen molar-refractivity contribution in [2.24, 2.45) is 12.0 Å². The molecule has 6 nitrogen and oxygen atoms in total. The minimum atomic E-state index is -0.0293. The highest BCUT2D eigenvalue weighted by Crippen LogP contribution is 2.22. The minimum Gasteiger partial charge on any atom is -0.443 e. The largest absolute Gasteiger partial charge is 0.443 e. The smallest absolute Gasteiger partial charge is 0.213 e. The molecule has 0 atom stereocenters. The Bertz CT molecular complexity index is 633. The van der Waals surface area contributed by atoms with E-state index in [0.29, 0.717) is 12.4 Å².